The summed E-state index contributed by atoms with van der Waals surface area (Å²) in [5.74, 6) is 0.713. The summed E-state index contributed by atoms with van der Waals surface area (Å²) in [6, 6.07) is 2.84. The molecule has 4 heterocycles. The van der Waals surface area contributed by atoms with Gasteiger partial charge < -0.3 is 19.9 Å². The molecule has 0 aliphatic rings. The molecule has 0 atom stereocenters. The minimum absolute atomic E-state index is 0. The van der Waals surface area contributed by atoms with Crippen LogP contribution in [0.4, 0.5) is 0 Å². The van der Waals surface area contributed by atoms with Crippen LogP contribution in [0.3, 0.4) is 0 Å². The van der Waals surface area contributed by atoms with Crippen molar-refractivity contribution < 1.29 is 22.4 Å². The van der Waals surface area contributed by atoms with Gasteiger partial charge >= 0.3 is 0 Å². The molecule has 0 aliphatic carbocycles. The van der Waals surface area contributed by atoms with Crippen molar-refractivity contribution in [2.24, 2.45) is 0 Å². The Kier molecular flexibility index (Phi) is 4.89. The van der Waals surface area contributed by atoms with E-state index < -0.39 is 0 Å². The van der Waals surface area contributed by atoms with Crippen molar-refractivity contribution in [1.29, 1.82) is 0 Å². The van der Waals surface area contributed by atoms with Crippen LogP contribution in [0.15, 0.2) is 34.4 Å². The summed E-state index contributed by atoms with van der Waals surface area (Å²) in [6.07, 6.45) is 2.62. The van der Waals surface area contributed by atoms with Crippen molar-refractivity contribution in [2.75, 3.05) is 0 Å². The Morgan fingerprint density at radius 3 is 1.61 bits per heavy atom. The van der Waals surface area contributed by atoms with E-state index in [2.05, 4.69) is 30.1 Å². The first kappa shape index (κ1) is 16.8. The standard InChI is InChI=1S/2C6H6N4O.Au/c2*1-4-2-5(11)10-6(9-4)7-3-8-10;/h2*2-3H,1H3,(H,7,8,9,11);/p-2. The van der Waals surface area contributed by atoms with E-state index in [0.29, 0.717) is 22.9 Å². The van der Waals surface area contributed by atoms with Gasteiger partial charge in [-0.05, 0) is 37.4 Å². The van der Waals surface area contributed by atoms with Crippen molar-refractivity contribution in [2.45, 2.75) is 13.8 Å². The van der Waals surface area contributed by atoms with Crippen LogP contribution < -0.4 is 21.1 Å². The van der Waals surface area contributed by atoms with Gasteiger partial charge in [0.1, 0.15) is 0 Å². The number of nitrogens with zero attached hydrogens (tertiary/aromatic N) is 8. The zero-order chi connectivity index (χ0) is 15.7. The third-order valence-corrected chi connectivity index (χ3v) is 2.69. The fourth-order valence-electron chi connectivity index (χ4n) is 1.79. The molecular weight excluding hydrogens is 485 g/mol. The van der Waals surface area contributed by atoms with E-state index in [4.69, 9.17) is 0 Å². The van der Waals surface area contributed by atoms with E-state index in [1.807, 2.05) is 0 Å². The maximum Gasteiger partial charge on any atom is 0.215 e. The molecule has 0 aromatic carbocycles. The fourth-order valence-corrected chi connectivity index (χ4v) is 1.79. The van der Waals surface area contributed by atoms with Gasteiger partial charge in [-0.15, -0.1) is 0 Å². The summed E-state index contributed by atoms with van der Waals surface area (Å²) in [5.41, 5.74) is 0.945. The summed E-state index contributed by atoms with van der Waals surface area (Å²) >= 11 is 0. The molecule has 11 heteroatoms. The predicted octanol–water partition coefficient (Wildman–Crippen LogP) is -1.29. The third-order valence-electron chi connectivity index (χ3n) is 2.69. The summed E-state index contributed by atoms with van der Waals surface area (Å²) in [4.78, 5) is 37.7. The maximum atomic E-state index is 11.1. The maximum absolute atomic E-state index is 11.1. The Morgan fingerprint density at radius 2 is 1.22 bits per heavy atom. The average Bonchev–Trinajstić information content (AvgIpc) is 3.07. The molecular formula is C12H10AuN8O2-2. The summed E-state index contributed by atoms with van der Waals surface area (Å²) in [5, 5.41) is 7.38. The van der Waals surface area contributed by atoms with E-state index in [-0.39, 0.29) is 33.5 Å². The Bertz CT molecular complexity index is 974. The van der Waals surface area contributed by atoms with Crippen molar-refractivity contribution in [1.82, 2.24) is 39.2 Å². The normalized spacial score (nSPS) is 10.2. The minimum Gasteiger partial charge on any atom is -0.362 e. The Labute approximate surface area is 144 Å². The second-order valence-corrected chi connectivity index (χ2v) is 4.42. The number of rotatable bonds is 0. The van der Waals surface area contributed by atoms with Gasteiger partial charge in [0, 0.05) is 33.9 Å². The van der Waals surface area contributed by atoms with Crippen LogP contribution in [0.2, 0.25) is 0 Å². The summed E-state index contributed by atoms with van der Waals surface area (Å²) in [7, 11) is 0. The molecule has 1 radical (unpaired) electrons. The third kappa shape index (κ3) is 3.44. The molecule has 0 bridgehead atoms. The molecule has 4 rings (SSSR count). The summed E-state index contributed by atoms with van der Waals surface area (Å²) in [6.45, 7) is 3.49. The van der Waals surface area contributed by atoms with Gasteiger partial charge in [0.05, 0.1) is 12.7 Å². The number of hydrogen-bond acceptors (Lipinski definition) is 6. The second-order valence-electron chi connectivity index (χ2n) is 4.42. The first-order valence-electron chi connectivity index (χ1n) is 6.23. The molecule has 0 unspecified atom stereocenters. The van der Waals surface area contributed by atoms with E-state index in [9.17, 15) is 9.59 Å². The first-order valence-corrected chi connectivity index (χ1v) is 6.23. The monoisotopic (exact) mass is 495 g/mol. The minimum atomic E-state index is -0.190. The van der Waals surface area contributed by atoms with E-state index in [1.54, 1.807) is 13.8 Å². The Balaban J connectivity index is 0.000000160. The number of fused-ring (bicyclic) bond motifs is 2. The van der Waals surface area contributed by atoms with Crippen LogP contribution in [0.5, 0.6) is 0 Å². The SMILES string of the molecule is Cc1cc(=O)n2ncnc2[n-]1.Cc1cc(=O)n2ncnc2[n-]1.[Au]. The molecule has 10 nitrogen and oxygen atoms in total. The van der Waals surface area contributed by atoms with Crippen LogP contribution in [0, 0.1) is 13.8 Å². The summed E-state index contributed by atoms with van der Waals surface area (Å²) < 4.78 is 2.32. The van der Waals surface area contributed by atoms with Crippen LogP contribution in [0.1, 0.15) is 11.4 Å². The van der Waals surface area contributed by atoms with E-state index >= 15 is 0 Å². The molecule has 123 valence electrons. The van der Waals surface area contributed by atoms with Gasteiger partial charge in [0.25, 0.3) is 0 Å². The molecule has 0 fully saturated rings. The Hall–Kier alpha value is -2.56. The first-order chi connectivity index (χ1) is 10.5. The van der Waals surface area contributed by atoms with Gasteiger partial charge in [-0.2, -0.15) is 0 Å². The van der Waals surface area contributed by atoms with Crippen LogP contribution in [-0.2, 0) is 22.4 Å². The van der Waals surface area contributed by atoms with E-state index in [1.165, 1.54) is 24.8 Å². The van der Waals surface area contributed by atoms with Crippen LogP contribution in [0.25, 0.3) is 11.6 Å². The van der Waals surface area contributed by atoms with Gasteiger partial charge in [-0.25, -0.2) is 10.2 Å². The zero-order valence-corrected chi connectivity index (χ0v) is 14.2. The quantitative estimate of drug-likeness (QED) is 0.276. The second kappa shape index (κ2) is 6.69. The molecule has 4 aromatic heterocycles. The smallest absolute Gasteiger partial charge is 0.215 e. The molecule has 0 spiro atoms. The number of aryl methyl sites for hydroxylation is 2. The molecule has 0 amide bonds. The number of hydrogen-bond donors (Lipinski definition) is 0. The van der Waals surface area contributed by atoms with Gasteiger partial charge in [0.2, 0.25) is 11.1 Å². The van der Waals surface area contributed by atoms with Gasteiger partial charge in [-0.3, -0.25) is 18.6 Å². The van der Waals surface area contributed by atoms with Crippen LogP contribution >= 0.6 is 0 Å². The van der Waals surface area contributed by atoms with Crippen molar-refractivity contribution in [3.8, 4) is 0 Å². The largest absolute Gasteiger partial charge is 0.362 e. The number of aromatic nitrogens is 8. The van der Waals surface area contributed by atoms with Gasteiger partial charge in [-0.1, -0.05) is 0 Å². The molecule has 0 N–H and O–H groups in total. The van der Waals surface area contributed by atoms with E-state index in [0.717, 1.165) is 9.03 Å². The average molecular weight is 495 g/mol. The van der Waals surface area contributed by atoms with Gasteiger partial charge in [0.15, 0.2) is 0 Å². The molecule has 4 aromatic rings. The molecule has 0 aliphatic heterocycles. The van der Waals surface area contributed by atoms with Crippen molar-refractivity contribution in [3.05, 3.63) is 56.9 Å². The Morgan fingerprint density at radius 1 is 0.826 bits per heavy atom. The van der Waals surface area contributed by atoms with Crippen LogP contribution in [-0.4, -0.2) is 29.2 Å². The fraction of sp³-hybridized carbons (Fsp3) is 0.167. The zero-order valence-electron chi connectivity index (χ0n) is 12.0. The molecule has 0 saturated heterocycles. The predicted molar refractivity (Wildman–Crippen MR) is 74.6 cm³/mol. The van der Waals surface area contributed by atoms with Crippen molar-refractivity contribution in [3.63, 3.8) is 0 Å². The topological polar surface area (TPSA) is 123 Å². The molecule has 0 saturated carbocycles. The van der Waals surface area contributed by atoms with Crippen molar-refractivity contribution >= 4 is 11.6 Å². The molecule has 23 heavy (non-hydrogen) atoms.